The lowest BCUT2D eigenvalue weighted by Gasteiger charge is -2.10. The highest BCUT2D eigenvalue weighted by Crippen LogP contribution is 2.39. The minimum Gasteiger partial charge on any atom is -0.243 e. The summed E-state index contributed by atoms with van der Waals surface area (Å²) in [5, 5.41) is 1.14. The van der Waals surface area contributed by atoms with Crippen molar-refractivity contribution in [1.29, 1.82) is 0 Å². The molecule has 8 rings (SSSR count). The van der Waals surface area contributed by atoms with Gasteiger partial charge in [0.25, 0.3) is 0 Å². The molecule has 0 radical (unpaired) electrons. The third-order valence-corrected chi connectivity index (χ3v) is 8.67. The zero-order valence-electron chi connectivity index (χ0n) is 22.9. The number of fused-ring (bicyclic) bond motifs is 3. The third-order valence-electron chi connectivity index (χ3n) is 7.51. The molecule has 43 heavy (non-hydrogen) atoms. The molecule has 0 bridgehead atoms. The smallest absolute Gasteiger partial charge is 0.164 e. The van der Waals surface area contributed by atoms with Gasteiger partial charge in [0.05, 0.1) is 10.2 Å². The first-order valence-corrected chi connectivity index (χ1v) is 14.8. The molecule has 0 amide bonds. The van der Waals surface area contributed by atoms with Gasteiger partial charge < -0.3 is 0 Å². The third kappa shape index (κ3) is 4.74. The van der Waals surface area contributed by atoms with E-state index in [-0.39, 0.29) is 0 Å². The van der Waals surface area contributed by atoms with Gasteiger partial charge in [0.2, 0.25) is 0 Å². The van der Waals surface area contributed by atoms with Gasteiger partial charge in [0.1, 0.15) is 6.33 Å². The monoisotopic (exact) mass is 569 g/mol. The van der Waals surface area contributed by atoms with Gasteiger partial charge in [-0.1, -0.05) is 121 Å². The maximum absolute atomic E-state index is 5.00. The van der Waals surface area contributed by atoms with Crippen molar-refractivity contribution in [2.75, 3.05) is 0 Å². The summed E-state index contributed by atoms with van der Waals surface area (Å²) in [4.78, 5) is 23.6. The number of aromatic nitrogens is 5. The van der Waals surface area contributed by atoms with Crippen molar-refractivity contribution in [3.8, 4) is 56.4 Å². The van der Waals surface area contributed by atoms with E-state index in [0.717, 1.165) is 49.0 Å². The Bertz CT molecular complexity index is 2230. The molecule has 0 aliphatic carbocycles. The van der Waals surface area contributed by atoms with Gasteiger partial charge in [-0.25, -0.2) is 24.9 Å². The largest absolute Gasteiger partial charge is 0.243 e. The molecule has 3 aromatic heterocycles. The molecule has 0 aliphatic heterocycles. The minimum atomic E-state index is 0.632. The Morgan fingerprint density at radius 3 is 1.77 bits per heavy atom. The molecule has 0 fully saturated rings. The SMILES string of the molecule is c1ccc(-c2ccc(-c3nc(-c4ccccc4)nc(-c4cccc(-c5cccc6c5sc5cncnc56)c4)n3)cc2)cc1. The van der Waals surface area contributed by atoms with Crippen molar-refractivity contribution >= 4 is 31.6 Å². The fourth-order valence-electron chi connectivity index (χ4n) is 5.38. The van der Waals surface area contributed by atoms with E-state index in [1.807, 2.05) is 42.6 Å². The van der Waals surface area contributed by atoms with Gasteiger partial charge in [-0.3, -0.25) is 0 Å². The number of benzene rings is 5. The molecule has 0 atom stereocenters. The number of hydrogen-bond donors (Lipinski definition) is 0. The average molecular weight is 570 g/mol. The van der Waals surface area contributed by atoms with Crippen molar-refractivity contribution in [1.82, 2.24) is 24.9 Å². The Balaban J connectivity index is 1.25. The summed E-state index contributed by atoms with van der Waals surface area (Å²) in [6, 6.07) is 43.6. The Morgan fingerprint density at radius 2 is 1.02 bits per heavy atom. The van der Waals surface area contributed by atoms with Gasteiger partial charge in [0.15, 0.2) is 17.5 Å². The number of rotatable bonds is 5. The standard InChI is InChI=1S/C37H23N5S/c1-3-9-24(10-4-1)25-17-19-27(20-18-25)36-40-35(26-11-5-2-6-12-26)41-37(42-36)29-14-7-13-28(21-29)30-15-8-16-31-33-32(43-34(30)31)22-38-23-39-33/h1-23H. The zero-order valence-corrected chi connectivity index (χ0v) is 23.7. The van der Waals surface area contributed by atoms with E-state index in [9.17, 15) is 0 Å². The predicted molar refractivity (Wildman–Crippen MR) is 175 cm³/mol. The van der Waals surface area contributed by atoms with Crippen LogP contribution in [-0.2, 0) is 0 Å². The molecule has 0 spiro atoms. The summed E-state index contributed by atoms with van der Waals surface area (Å²) in [6.45, 7) is 0. The Labute approximate surface area is 252 Å². The second kappa shape index (κ2) is 10.7. The first-order valence-electron chi connectivity index (χ1n) is 14.0. The van der Waals surface area contributed by atoms with Gasteiger partial charge >= 0.3 is 0 Å². The average Bonchev–Trinajstić information content (AvgIpc) is 3.48. The first-order chi connectivity index (χ1) is 21.3. The molecule has 0 aliphatic rings. The quantitative estimate of drug-likeness (QED) is 0.207. The topological polar surface area (TPSA) is 64.5 Å². The van der Waals surface area contributed by atoms with Crippen LogP contribution in [0.1, 0.15) is 0 Å². The van der Waals surface area contributed by atoms with Gasteiger partial charge in [-0.2, -0.15) is 0 Å². The van der Waals surface area contributed by atoms with Crippen molar-refractivity contribution in [3.63, 3.8) is 0 Å². The van der Waals surface area contributed by atoms with Crippen LogP contribution in [0.2, 0.25) is 0 Å². The van der Waals surface area contributed by atoms with E-state index in [4.69, 9.17) is 15.0 Å². The number of hydrogen-bond acceptors (Lipinski definition) is 6. The van der Waals surface area contributed by atoms with Crippen LogP contribution in [0.25, 0.3) is 76.7 Å². The van der Waals surface area contributed by atoms with Gasteiger partial charge in [-0.05, 0) is 28.3 Å². The molecular formula is C37H23N5S. The summed E-state index contributed by atoms with van der Waals surface area (Å²) < 4.78 is 2.27. The lowest BCUT2D eigenvalue weighted by atomic mass is 10.0. The maximum atomic E-state index is 5.00. The highest BCUT2D eigenvalue weighted by Gasteiger charge is 2.15. The predicted octanol–water partition coefficient (Wildman–Crippen LogP) is 9.36. The van der Waals surface area contributed by atoms with E-state index in [0.29, 0.717) is 17.5 Å². The Morgan fingerprint density at radius 1 is 0.465 bits per heavy atom. The molecule has 3 heterocycles. The van der Waals surface area contributed by atoms with E-state index in [2.05, 4.69) is 101 Å². The van der Waals surface area contributed by atoms with Crippen LogP contribution in [0, 0.1) is 0 Å². The summed E-state index contributed by atoms with van der Waals surface area (Å²) in [7, 11) is 0. The highest BCUT2D eigenvalue weighted by molar-refractivity contribution is 7.26. The van der Waals surface area contributed by atoms with E-state index in [1.165, 1.54) is 10.3 Å². The minimum absolute atomic E-state index is 0.632. The fourth-order valence-corrected chi connectivity index (χ4v) is 6.55. The lowest BCUT2D eigenvalue weighted by molar-refractivity contribution is 1.07. The zero-order chi connectivity index (χ0) is 28.6. The van der Waals surface area contributed by atoms with Gasteiger partial charge in [-0.15, -0.1) is 11.3 Å². The Kier molecular flexibility index (Phi) is 6.24. The molecule has 0 unspecified atom stereocenters. The number of thiophene rings is 1. The normalized spacial score (nSPS) is 11.3. The van der Waals surface area contributed by atoms with Crippen molar-refractivity contribution in [2.45, 2.75) is 0 Å². The molecule has 202 valence electrons. The Hall–Kier alpha value is -5.59. The molecule has 6 heteroatoms. The maximum Gasteiger partial charge on any atom is 0.164 e. The summed E-state index contributed by atoms with van der Waals surface area (Å²) in [5.74, 6) is 1.91. The van der Waals surface area contributed by atoms with Crippen LogP contribution in [0.3, 0.4) is 0 Å². The van der Waals surface area contributed by atoms with E-state index < -0.39 is 0 Å². The van der Waals surface area contributed by atoms with E-state index in [1.54, 1.807) is 17.7 Å². The molecule has 0 saturated heterocycles. The molecular weight excluding hydrogens is 547 g/mol. The second-order valence-electron chi connectivity index (χ2n) is 10.2. The summed E-state index contributed by atoms with van der Waals surface area (Å²) in [6.07, 6.45) is 3.50. The van der Waals surface area contributed by atoms with Crippen LogP contribution in [0.4, 0.5) is 0 Å². The van der Waals surface area contributed by atoms with Crippen molar-refractivity contribution < 1.29 is 0 Å². The van der Waals surface area contributed by atoms with Crippen molar-refractivity contribution in [3.05, 3.63) is 140 Å². The molecule has 0 saturated carbocycles. The van der Waals surface area contributed by atoms with Crippen LogP contribution in [0.5, 0.6) is 0 Å². The van der Waals surface area contributed by atoms with E-state index >= 15 is 0 Å². The fraction of sp³-hybridized carbons (Fsp3) is 0. The van der Waals surface area contributed by atoms with Crippen molar-refractivity contribution in [2.24, 2.45) is 0 Å². The van der Waals surface area contributed by atoms with Crippen LogP contribution in [0.15, 0.2) is 140 Å². The first kappa shape index (κ1) is 25.1. The highest BCUT2D eigenvalue weighted by atomic mass is 32.1. The molecule has 8 aromatic rings. The van der Waals surface area contributed by atoms with Crippen LogP contribution >= 0.6 is 11.3 Å². The van der Waals surface area contributed by atoms with Gasteiger partial charge in [0, 0.05) is 33.0 Å². The molecule has 0 N–H and O–H groups in total. The lowest BCUT2D eigenvalue weighted by Crippen LogP contribution is -2.00. The van der Waals surface area contributed by atoms with Crippen LogP contribution in [-0.4, -0.2) is 24.9 Å². The number of nitrogens with zero attached hydrogens (tertiary/aromatic N) is 5. The second-order valence-corrected chi connectivity index (χ2v) is 11.3. The summed E-state index contributed by atoms with van der Waals surface area (Å²) in [5.41, 5.74) is 8.37. The molecule has 5 aromatic carbocycles. The van der Waals surface area contributed by atoms with Crippen LogP contribution < -0.4 is 0 Å². The summed E-state index contributed by atoms with van der Waals surface area (Å²) >= 11 is 1.72. The molecule has 5 nitrogen and oxygen atoms in total.